The Kier molecular flexibility index (Phi) is 6.22. The molecule has 144 valence electrons. The maximum atomic E-state index is 13.1. The first-order valence-corrected chi connectivity index (χ1v) is 9.67. The number of aryl methyl sites for hydroxylation is 1. The van der Waals surface area contributed by atoms with Gasteiger partial charge in [-0.05, 0) is 76.5 Å². The van der Waals surface area contributed by atoms with E-state index in [0.717, 1.165) is 49.4 Å². The Morgan fingerprint density at radius 1 is 1.19 bits per heavy atom. The van der Waals surface area contributed by atoms with E-state index in [9.17, 15) is 9.18 Å². The Bertz CT molecular complexity index is 781. The summed E-state index contributed by atoms with van der Waals surface area (Å²) in [6, 6.07) is 10.6. The minimum absolute atomic E-state index is 0.0405. The molecule has 1 aliphatic rings. The lowest BCUT2D eigenvalue weighted by Gasteiger charge is -2.32. The Morgan fingerprint density at radius 3 is 2.48 bits per heavy atom. The van der Waals surface area contributed by atoms with E-state index in [1.54, 1.807) is 0 Å². The molecule has 0 aliphatic carbocycles. The van der Waals surface area contributed by atoms with Crippen LogP contribution in [0, 0.1) is 12.7 Å². The van der Waals surface area contributed by atoms with Gasteiger partial charge >= 0.3 is 0 Å². The zero-order chi connectivity index (χ0) is 19.4. The number of piperidine rings is 1. The quantitative estimate of drug-likeness (QED) is 0.865. The lowest BCUT2D eigenvalue weighted by atomic mass is 9.89. The van der Waals surface area contributed by atoms with Crippen LogP contribution in [-0.4, -0.2) is 34.9 Å². The van der Waals surface area contributed by atoms with Gasteiger partial charge in [-0.25, -0.2) is 4.39 Å². The molecule has 4 nitrogen and oxygen atoms in total. The normalized spacial score (nSPS) is 15.9. The maximum Gasteiger partial charge on any atom is 0.253 e. The molecule has 0 atom stereocenters. The Balaban J connectivity index is 1.67. The molecule has 27 heavy (non-hydrogen) atoms. The van der Waals surface area contributed by atoms with E-state index in [0.29, 0.717) is 11.5 Å². The average molecular weight is 369 g/mol. The van der Waals surface area contributed by atoms with Gasteiger partial charge in [-0.3, -0.25) is 14.7 Å². The zero-order valence-corrected chi connectivity index (χ0v) is 16.3. The fourth-order valence-corrected chi connectivity index (χ4v) is 3.63. The number of nitrogens with one attached hydrogen (secondary N) is 1. The van der Waals surface area contributed by atoms with E-state index in [2.05, 4.69) is 10.2 Å². The van der Waals surface area contributed by atoms with Crippen molar-refractivity contribution in [3.8, 4) is 0 Å². The molecule has 5 heteroatoms. The van der Waals surface area contributed by atoms with Crippen molar-refractivity contribution in [1.82, 2.24) is 15.2 Å². The standard InChI is InChI=1S/C22H28FN3O/c1-15(2)24-22(27)20-9-4-16(3)25-21(20)18-10-12-26(13-11-18)14-17-5-7-19(23)8-6-17/h4-9,15,18H,10-14H2,1-3H3,(H,24,27). The first kappa shape index (κ1) is 19.5. The third kappa shape index (κ3) is 5.13. The number of amides is 1. The predicted molar refractivity (Wildman–Crippen MR) is 105 cm³/mol. The van der Waals surface area contributed by atoms with Crippen molar-refractivity contribution in [2.75, 3.05) is 13.1 Å². The van der Waals surface area contributed by atoms with Crippen LogP contribution in [-0.2, 0) is 6.54 Å². The van der Waals surface area contributed by atoms with Gasteiger partial charge in [0, 0.05) is 24.2 Å². The Morgan fingerprint density at radius 2 is 1.85 bits per heavy atom. The van der Waals surface area contributed by atoms with Crippen molar-refractivity contribution >= 4 is 5.91 Å². The molecule has 1 aromatic carbocycles. The fourth-order valence-electron chi connectivity index (χ4n) is 3.63. The molecule has 0 saturated carbocycles. The first-order valence-electron chi connectivity index (χ1n) is 9.67. The number of pyridine rings is 1. The molecule has 0 spiro atoms. The van der Waals surface area contributed by atoms with Crippen LogP contribution in [0.5, 0.6) is 0 Å². The molecule has 1 saturated heterocycles. The summed E-state index contributed by atoms with van der Waals surface area (Å²) in [4.78, 5) is 19.7. The number of halogens is 1. The molecule has 1 amide bonds. The maximum absolute atomic E-state index is 13.1. The van der Waals surface area contributed by atoms with Crippen molar-refractivity contribution in [1.29, 1.82) is 0 Å². The van der Waals surface area contributed by atoms with Gasteiger partial charge in [0.25, 0.3) is 5.91 Å². The highest BCUT2D eigenvalue weighted by Crippen LogP contribution is 2.30. The molecule has 1 N–H and O–H groups in total. The van der Waals surface area contributed by atoms with Gasteiger partial charge in [-0.2, -0.15) is 0 Å². The number of hydrogen-bond acceptors (Lipinski definition) is 3. The summed E-state index contributed by atoms with van der Waals surface area (Å²) in [6.07, 6.45) is 1.94. The van der Waals surface area contributed by atoms with Crippen molar-refractivity contribution in [2.24, 2.45) is 0 Å². The average Bonchev–Trinajstić information content (AvgIpc) is 2.63. The van der Waals surface area contributed by atoms with E-state index in [-0.39, 0.29) is 17.8 Å². The SMILES string of the molecule is Cc1ccc(C(=O)NC(C)C)c(C2CCN(Cc3ccc(F)cc3)CC2)n1. The summed E-state index contributed by atoms with van der Waals surface area (Å²) < 4.78 is 13.1. The molecule has 2 heterocycles. The van der Waals surface area contributed by atoms with Crippen LogP contribution < -0.4 is 5.32 Å². The number of hydrogen-bond donors (Lipinski definition) is 1. The summed E-state index contributed by atoms with van der Waals surface area (Å²) in [5.41, 5.74) is 3.70. The minimum atomic E-state index is -0.199. The summed E-state index contributed by atoms with van der Waals surface area (Å²) in [5, 5.41) is 2.98. The summed E-state index contributed by atoms with van der Waals surface area (Å²) in [5.74, 6) is 0.0544. The molecule has 1 aliphatic heterocycles. The minimum Gasteiger partial charge on any atom is -0.350 e. The van der Waals surface area contributed by atoms with Crippen molar-refractivity contribution in [3.05, 3.63) is 64.7 Å². The van der Waals surface area contributed by atoms with Crippen LogP contribution in [0.25, 0.3) is 0 Å². The highest BCUT2D eigenvalue weighted by Gasteiger charge is 2.26. The van der Waals surface area contributed by atoms with Crippen molar-refractivity contribution < 1.29 is 9.18 Å². The van der Waals surface area contributed by atoms with Gasteiger partial charge in [0.2, 0.25) is 0 Å². The molecule has 3 rings (SSSR count). The smallest absolute Gasteiger partial charge is 0.253 e. The van der Waals surface area contributed by atoms with E-state index in [1.807, 2.05) is 45.0 Å². The number of carbonyl (C=O) groups is 1. The Labute approximate surface area is 160 Å². The van der Waals surface area contributed by atoms with Crippen molar-refractivity contribution in [2.45, 2.75) is 52.1 Å². The van der Waals surface area contributed by atoms with Gasteiger partial charge < -0.3 is 5.32 Å². The number of nitrogens with zero attached hydrogens (tertiary/aromatic N) is 2. The van der Waals surface area contributed by atoms with Crippen LogP contribution in [0.1, 0.15) is 59.9 Å². The number of aromatic nitrogens is 1. The number of benzene rings is 1. The van der Waals surface area contributed by atoms with E-state index in [1.165, 1.54) is 12.1 Å². The zero-order valence-electron chi connectivity index (χ0n) is 16.3. The highest BCUT2D eigenvalue weighted by atomic mass is 19.1. The van der Waals surface area contributed by atoms with Crippen LogP contribution in [0.15, 0.2) is 36.4 Å². The number of carbonyl (C=O) groups excluding carboxylic acids is 1. The van der Waals surface area contributed by atoms with E-state index >= 15 is 0 Å². The largest absolute Gasteiger partial charge is 0.350 e. The first-order chi connectivity index (χ1) is 12.9. The number of likely N-dealkylation sites (tertiary alicyclic amines) is 1. The lowest BCUT2D eigenvalue weighted by molar-refractivity contribution is 0.0940. The topological polar surface area (TPSA) is 45.2 Å². The highest BCUT2D eigenvalue weighted by molar-refractivity contribution is 5.95. The molecule has 1 fully saturated rings. The summed E-state index contributed by atoms with van der Waals surface area (Å²) >= 11 is 0. The van der Waals surface area contributed by atoms with Gasteiger partial charge in [0.15, 0.2) is 0 Å². The second kappa shape index (κ2) is 8.61. The van der Waals surface area contributed by atoms with Gasteiger partial charge in [0.1, 0.15) is 5.82 Å². The monoisotopic (exact) mass is 369 g/mol. The molecule has 0 unspecified atom stereocenters. The second-order valence-corrected chi connectivity index (χ2v) is 7.69. The van der Waals surface area contributed by atoms with Crippen LogP contribution in [0.2, 0.25) is 0 Å². The lowest BCUT2D eigenvalue weighted by Crippen LogP contribution is -2.35. The third-order valence-corrected chi connectivity index (χ3v) is 5.02. The van der Waals surface area contributed by atoms with Gasteiger partial charge in [0.05, 0.1) is 11.3 Å². The van der Waals surface area contributed by atoms with Gasteiger partial charge in [-0.1, -0.05) is 12.1 Å². The fraction of sp³-hybridized carbons (Fsp3) is 0.455. The van der Waals surface area contributed by atoms with Gasteiger partial charge in [-0.15, -0.1) is 0 Å². The second-order valence-electron chi connectivity index (χ2n) is 7.69. The summed E-state index contributed by atoms with van der Waals surface area (Å²) in [6.45, 7) is 8.62. The van der Waals surface area contributed by atoms with Crippen LogP contribution >= 0.6 is 0 Å². The Hall–Kier alpha value is -2.27. The molecule has 0 bridgehead atoms. The predicted octanol–water partition coefficient (Wildman–Crippen LogP) is 4.05. The molecular formula is C22H28FN3O. The molecule has 0 radical (unpaired) electrons. The van der Waals surface area contributed by atoms with E-state index < -0.39 is 0 Å². The third-order valence-electron chi connectivity index (χ3n) is 5.02. The molecular weight excluding hydrogens is 341 g/mol. The van der Waals surface area contributed by atoms with Crippen molar-refractivity contribution in [3.63, 3.8) is 0 Å². The van der Waals surface area contributed by atoms with Crippen LogP contribution in [0.3, 0.4) is 0 Å². The molecule has 1 aromatic heterocycles. The molecule has 2 aromatic rings. The van der Waals surface area contributed by atoms with E-state index in [4.69, 9.17) is 4.98 Å². The summed E-state index contributed by atoms with van der Waals surface area (Å²) in [7, 11) is 0. The van der Waals surface area contributed by atoms with Crippen LogP contribution in [0.4, 0.5) is 4.39 Å². The number of rotatable bonds is 5.